The second kappa shape index (κ2) is 28.8. The summed E-state index contributed by atoms with van der Waals surface area (Å²) in [7, 11) is 1.60. The predicted molar refractivity (Wildman–Crippen MR) is 274 cm³/mol. The molecule has 0 radical (unpaired) electrons. The van der Waals surface area contributed by atoms with Crippen molar-refractivity contribution in [2.45, 2.75) is 115 Å². The van der Waals surface area contributed by atoms with E-state index < -0.39 is 115 Å². The summed E-state index contributed by atoms with van der Waals surface area (Å²) in [6.07, 6.45) is 4.31. The lowest BCUT2D eigenvalue weighted by atomic mass is 9.94. The number of carboxylic acids is 2. The highest BCUT2D eigenvalue weighted by atomic mass is 16.5. The molecule has 1 heterocycles. The fraction of sp³-hybridized carbons (Fsp3) is 0.389. The van der Waals surface area contributed by atoms with Crippen LogP contribution in [-0.4, -0.2) is 123 Å². The zero-order chi connectivity index (χ0) is 55.4. The zero-order valence-electron chi connectivity index (χ0n) is 42.6. The number of hydrogen-bond acceptors (Lipinski definition) is 12. The number of carboxylic acid groups (broad SMARTS) is 2. The zero-order valence-corrected chi connectivity index (χ0v) is 42.6. The molecule has 4 rings (SSSR count). The first-order valence-electron chi connectivity index (χ1n) is 24.3. The van der Waals surface area contributed by atoms with Crippen molar-refractivity contribution in [2.24, 2.45) is 11.8 Å². The second-order valence-electron chi connectivity index (χ2n) is 18.3. The first-order valence-corrected chi connectivity index (χ1v) is 24.3. The molecule has 0 aliphatic carbocycles. The Hall–Kier alpha value is -8.33. The minimum absolute atomic E-state index is 0.0989. The van der Waals surface area contributed by atoms with Gasteiger partial charge in [0.25, 0.3) is 5.91 Å². The van der Waals surface area contributed by atoms with Gasteiger partial charge in [-0.2, -0.15) is 0 Å². The maximum absolute atomic E-state index is 14.5. The lowest BCUT2D eigenvalue weighted by Crippen LogP contribution is -2.57. The van der Waals surface area contributed by atoms with Crippen molar-refractivity contribution >= 4 is 53.3 Å². The number of nitrogens with one attached hydrogen (secondary N) is 7. The summed E-state index contributed by atoms with van der Waals surface area (Å²) >= 11 is 0. The quantitative estimate of drug-likeness (QED) is 0.0865. The lowest BCUT2D eigenvalue weighted by molar-refractivity contribution is -0.144. The summed E-state index contributed by atoms with van der Waals surface area (Å²) in [4.78, 5) is 122. The van der Waals surface area contributed by atoms with Crippen LogP contribution in [0.4, 0.5) is 0 Å². The van der Waals surface area contributed by atoms with E-state index in [0.717, 1.165) is 5.56 Å². The van der Waals surface area contributed by atoms with Gasteiger partial charge in [-0.25, -0.2) is 9.59 Å². The molecule has 0 bridgehead atoms. The Morgan fingerprint density at radius 3 is 1.77 bits per heavy atom. The lowest BCUT2D eigenvalue weighted by Gasteiger charge is -2.27. The molecule has 11 N–H and O–H groups in total. The third kappa shape index (κ3) is 19.2. The van der Waals surface area contributed by atoms with E-state index in [-0.39, 0.29) is 42.1 Å². The molecular formula is C54H67N7O14. The first kappa shape index (κ1) is 59.2. The van der Waals surface area contributed by atoms with E-state index in [1.165, 1.54) is 81.5 Å². The minimum atomic E-state index is -1.94. The number of aliphatic carboxylic acids is 2. The molecule has 75 heavy (non-hydrogen) atoms. The van der Waals surface area contributed by atoms with E-state index in [2.05, 4.69) is 37.2 Å². The third-order valence-electron chi connectivity index (χ3n) is 12.4. The molecule has 1 aliphatic heterocycles. The molecule has 0 spiro atoms. The van der Waals surface area contributed by atoms with Gasteiger partial charge in [-0.1, -0.05) is 98.3 Å². The van der Waals surface area contributed by atoms with Crippen LogP contribution in [-0.2, 0) is 67.2 Å². The average molecular weight is 1040 g/mol. The summed E-state index contributed by atoms with van der Waals surface area (Å²) in [5, 5.41) is 57.6. The fourth-order valence-electron chi connectivity index (χ4n) is 7.94. The van der Waals surface area contributed by atoms with Crippen LogP contribution < -0.4 is 37.2 Å². The highest BCUT2D eigenvalue weighted by molar-refractivity contribution is 6.00. The van der Waals surface area contributed by atoms with E-state index in [9.17, 15) is 63.6 Å². The van der Waals surface area contributed by atoms with E-state index in [1.807, 2.05) is 43.3 Å². The van der Waals surface area contributed by atoms with Gasteiger partial charge >= 0.3 is 11.9 Å². The molecule has 7 amide bonds. The number of carbonyl (C=O) groups is 9. The normalized spacial score (nSPS) is 23.9. The number of rotatable bonds is 13. The number of phenolic OH excluding ortho intramolecular Hbond substituents is 2. The SMILES string of the molecule is C/C=C1/NC(=O)CC[C@H](C(=O)O)NC(=O)[C@@H](C)[C@H](/C=C/C(C)=C/[C@H](C)[C@H](Cc2ccccc2)OC)NC(=O)[C@H](Cc2ccc(O)cc2)NC(=O)C[C@H](C(=O)O)NC(=O)[C@H](Cc2ccc(O)cc2)NC(=O)[C@@H](C)NC1=O. The number of allylic oxidation sites excluding steroid dienone is 3. The molecule has 21 nitrogen and oxygen atoms in total. The van der Waals surface area contributed by atoms with Crippen molar-refractivity contribution in [3.8, 4) is 11.5 Å². The van der Waals surface area contributed by atoms with Gasteiger partial charge in [0.1, 0.15) is 47.4 Å². The summed E-state index contributed by atoms with van der Waals surface area (Å²) in [5.41, 5.74) is 2.27. The van der Waals surface area contributed by atoms with Crippen molar-refractivity contribution in [3.05, 3.63) is 131 Å². The molecule has 1 aliphatic rings. The Labute approximate surface area is 434 Å². The number of ether oxygens (including phenoxy) is 1. The summed E-state index contributed by atoms with van der Waals surface area (Å²) in [5.74, 6) is -11.2. The van der Waals surface area contributed by atoms with E-state index in [0.29, 0.717) is 23.1 Å². The molecule has 1 saturated heterocycles. The number of benzene rings is 3. The fourth-order valence-corrected chi connectivity index (χ4v) is 7.94. The molecule has 1 fully saturated rings. The third-order valence-corrected chi connectivity index (χ3v) is 12.4. The van der Waals surface area contributed by atoms with Crippen molar-refractivity contribution in [2.75, 3.05) is 7.11 Å². The summed E-state index contributed by atoms with van der Waals surface area (Å²) < 4.78 is 5.82. The number of carbonyl (C=O) groups excluding carboxylic acids is 7. The average Bonchev–Trinajstić information content (AvgIpc) is 3.37. The van der Waals surface area contributed by atoms with Crippen molar-refractivity contribution in [3.63, 3.8) is 0 Å². The van der Waals surface area contributed by atoms with Gasteiger partial charge < -0.3 is 62.4 Å². The molecule has 0 saturated carbocycles. The summed E-state index contributed by atoms with van der Waals surface area (Å²) in [6, 6.07) is 11.7. The maximum Gasteiger partial charge on any atom is 0.326 e. The van der Waals surface area contributed by atoms with Crippen LogP contribution in [0.5, 0.6) is 11.5 Å². The van der Waals surface area contributed by atoms with Gasteiger partial charge in [-0.05, 0) is 74.6 Å². The number of aromatic hydroxyl groups is 2. The van der Waals surface area contributed by atoms with Gasteiger partial charge in [0.2, 0.25) is 35.4 Å². The van der Waals surface area contributed by atoms with Crippen LogP contribution >= 0.6 is 0 Å². The Morgan fingerprint density at radius 1 is 0.680 bits per heavy atom. The van der Waals surface area contributed by atoms with Crippen LogP contribution in [0.1, 0.15) is 70.6 Å². The van der Waals surface area contributed by atoms with Crippen molar-refractivity contribution < 1.29 is 68.3 Å². The van der Waals surface area contributed by atoms with Gasteiger partial charge in [-0.15, -0.1) is 0 Å². The Kier molecular flexibility index (Phi) is 22.7. The Bertz CT molecular complexity index is 2600. The van der Waals surface area contributed by atoms with Crippen molar-refractivity contribution in [1.29, 1.82) is 0 Å². The topological polar surface area (TPSA) is 328 Å². The van der Waals surface area contributed by atoms with Gasteiger partial charge in [0.15, 0.2) is 0 Å². The number of hydrogen-bond donors (Lipinski definition) is 11. The molecule has 3 aromatic carbocycles. The molecule has 9 atom stereocenters. The van der Waals surface area contributed by atoms with Gasteiger partial charge in [0.05, 0.1) is 24.5 Å². The van der Waals surface area contributed by atoms with Crippen LogP contribution in [0.15, 0.2) is 114 Å². The minimum Gasteiger partial charge on any atom is -0.508 e. The van der Waals surface area contributed by atoms with Crippen LogP contribution in [0.25, 0.3) is 0 Å². The summed E-state index contributed by atoms with van der Waals surface area (Å²) in [6.45, 7) is 7.86. The second-order valence-corrected chi connectivity index (χ2v) is 18.3. The number of methoxy groups -OCH3 is 1. The van der Waals surface area contributed by atoms with Crippen LogP contribution in [0.2, 0.25) is 0 Å². The maximum atomic E-state index is 14.5. The molecule has 3 aromatic rings. The molecule has 21 heteroatoms. The molecular weight excluding hydrogens is 971 g/mol. The van der Waals surface area contributed by atoms with Crippen LogP contribution in [0, 0.1) is 11.8 Å². The van der Waals surface area contributed by atoms with Crippen molar-refractivity contribution in [1.82, 2.24) is 37.2 Å². The van der Waals surface area contributed by atoms with E-state index in [1.54, 1.807) is 20.1 Å². The van der Waals surface area contributed by atoms with Gasteiger partial charge in [0, 0.05) is 32.3 Å². The molecule has 0 unspecified atom stereocenters. The Morgan fingerprint density at radius 2 is 1.23 bits per heavy atom. The number of phenols is 2. The largest absolute Gasteiger partial charge is 0.508 e. The van der Waals surface area contributed by atoms with Gasteiger partial charge in [-0.3, -0.25) is 33.6 Å². The van der Waals surface area contributed by atoms with E-state index in [4.69, 9.17) is 4.74 Å². The first-order chi connectivity index (χ1) is 35.6. The molecule has 0 aromatic heterocycles. The van der Waals surface area contributed by atoms with E-state index >= 15 is 0 Å². The molecule has 402 valence electrons. The number of amides is 7. The monoisotopic (exact) mass is 1040 g/mol. The highest BCUT2D eigenvalue weighted by Crippen LogP contribution is 2.19. The predicted octanol–water partition coefficient (Wildman–Crippen LogP) is 2.22. The van der Waals surface area contributed by atoms with Crippen LogP contribution in [0.3, 0.4) is 0 Å². The smallest absolute Gasteiger partial charge is 0.326 e. The Balaban J connectivity index is 1.77. The highest BCUT2D eigenvalue weighted by Gasteiger charge is 2.34. The standard InChI is InChI=1S/C54H67N7O14/c1-7-39-50(68)55-33(5)49(67)60-43(27-36-16-20-38(63)21-17-36)52(70)61-44(54(73)74)29-47(65)57-42(26-35-14-18-37(62)19-15-35)51(69)58-40(32(4)48(66)59-41(53(71)72)23-24-46(64)56-39)22-13-30(2)25-31(3)45(75-6)28-34-11-9-8-10-12-34/h7-22,25,31-33,40-45,62-63H,23-24,26-29H2,1-6H3,(H,55,68)(H,56,64)(H,57,65)(H,58,69)(H,59,66)(H,60,67)(H,61,70)(H,71,72)(H,73,74)/b22-13+,30-25+,39-7+/t31-,32-,33+,40-,41+,42-,43-,44+,45-/m0/s1.